The second kappa shape index (κ2) is 6.75. The zero-order valence-corrected chi connectivity index (χ0v) is 14.2. The number of hydrogen-bond donors (Lipinski definition) is 2. The van der Waals surface area contributed by atoms with Crippen LogP contribution in [-0.2, 0) is 16.1 Å². The number of aliphatic carboxylic acids is 1. The van der Waals surface area contributed by atoms with Gasteiger partial charge in [0, 0.05) is 18.9 Å². The first-order valence-electron chi connectivity index (χ1n) is 8.81. The Morgan fingerprint density at radius 2 is 1.77 bits per heavy atom. The average molecular weight is 348 g/mol. The molecule has 1 fully saturated rings. The van der Waals surface area contributed by atoms with E-state index >= 15 is 0 Å². The van der Waals surface area contributed by atoms with Gasteiger partial charge in [0.1, 0.15) is 0 Å². The highest BCUT2D eigenvalue weighted by Gasteiger charge is 2.51. The van der Waals surface area contributed by atoms with Crippen LogP contribution in [0.3, 0.4) is 0 Å². The topological polar surface area (TPSA) is 79.3 Å². The van der Waals surface area contributed by atoms with Crippen LogP contribution < -0.4 is 5.32 Å². The number of aromatic nitrogens is 1. The largest absolute Gasteiger partial charge is 0.481 e. The molecule has 1 aromatic heterocycles. The Morgan fingerprint density at radius 1 is 1.04 bits per heavy atom. The molecule has 1 amide bonds. The molecule has 0 saturated heterocycles. The average Bonchev–Trinajstić information content (AvgIpc) is 3.29. The van der Waals surface area contributed by atoms with E-state index in [1.54, 1.807) is 6.20 Å². The molecule has 2 aromatic rings. The lowest BCUT2D eigenvalue weighted by Crippen LogP contribution is -2.39. The maximum Gasteiger partial charge on any atom is 0.307 e. The number of fused-ring (bicyclic) bond motifs is 2. The SMILES string of the molecule is O=C(O)[C@@H]1[C@H](C(=O)NCc2ccc(-c3cccnc3)cc2)[C@H]2C=C[C@H]1C2. The fourth-order valence-electron chi connectivity index (χ4n) is 4.17. The zero-order chi connectivity index (χ0) is 18.1. The number of rotatable bonds is 5. The number of hydrogen-bond acceptors (Lipinski definition) is 3. The molecular weight excluding hydrogens is 328 g/mol. The number of carboxylic acid groups (broad SMARTS) is 1. The molecule has 4 atom stereocenters. The van der Waals surface area contributed by atoms with Crippen LogP contribution in [0, 0.1) is 23.7 Å². The molecule has 4 rings (SSSR count). The Labute approximate surface area is 151 Å². The van der Waals surface area contributed by atoms with Gasteiger partial charge in [0.05, 0.1) is 11.8 Å². The molecule has 2 N–H and O–H groups in total. The fourth-order valence-corrected chi connectivity index (χ4v) is 4.17. The van der Waals surface area contributed by atoms with Crippen molar-refractivity contribution in [3.05, 3.63) is 66.5 Å². The highest BCUT2D eigenvalue weighted by atomic mass is 16.4. The smallest absolute Gasteiger partial charge is 0.307 e. The van der Waals surface area contributed by atoms with E-state index in [0.717, 1.165) is 23.1 Å². The van der Waals surface area contributed by atoms with Crippen LogP contribution in [0.4, 0.5) is 0 Å². The van der Waals surface area contributed by atoms with Gasteiger partial charge in [-0.3, -0.25) is 14.6 Å². The van der Waals surface area contributed by atoms with Gasteiger partial charge in [0.2, 0.25) is 5.91 Å². The number of pyridine rings is 1. The maximum atomic E-state index is 12.6. The predicted octanol–water partition coefficient (Wildman–Crippen LogP) is 2.89. The summed E-state index contributed by atoms with van der Waals surface area (Å²) < 4.78 is 0. The Bertz CT molecular complexity index is 845. The normalized spacial score (nSPS) is 26.0. The van der Waals surface area contributed by atoms with Gasteiger partial charge in [0.15, 0.2) is 0 Å². The van der Waals surface area contributed by atoms with Gasteiger partial charge in [-0.15, -0.1) is 0 Å². The molecule has 1 aromatic carbocycles. The Kier molecular flexibility index (Phi) is 4.29. The molecule has 26 heavy (non-hydrogen) atoms. The van der Waals surface area contributed by atoms with E-state index in [9.17, 15) is 14.7 Å². The maximum absolute atomic E-state index is 12.6. The minimum Gasteiger partial charge on any atom is -0.481 e. The molecule has 0 radical (unpaired) electrons. The van der Waals surface area contributed by atoms with Gasteiger partial charge in [-0.1, -0.05) is 42.5 Å². The van der Waals surface area contributed by atoms with E-state index in [4.69, 9.17) is 0 Å². The van der Waals surface area contributed by atoms with E-state index < -0.39 is 17.8 Å². The summed E-state index contributed by atoms with van der Waals surface area (Å²) in [5, 5.41) is 12.4. The number of carbonyl (C=O) groups is 2. The number of benzene rings is 1. The minimum atomic E-state index is -0.872. The number of nitrogens with zero attached hydrogens (tertiary/aromatic N) is 1. The molecule has 2 bridgehead atoms. The van der Waals surface area contributed by atoms with Gasteiger partial charge in [-0.2, -0.15) is 0 Å². The van der Waals surface area contributed by atoms with Gasteiger partial charge in [-0.05, 0) is 41.0 Å². The minimum absolute atomic E-state index is 0.00739. The van der Waals surface area contributed by atoms with Crippen molar-refractivity contribution in [2.75, 3.05) is 0 Å². The number of allylic oxidation sites excluding steroid dienone is 2. The van der Waals surface area contributed by atoms with Crippen LogP contribution in [0.5, 0.6) is 0 Å². The van der Waals surface area contributed by atoms with E-state index in [2.05, 4.69) is 10.3 Å². The fraction of sp³-hybridized carbons (Fsp3) is 0.286. The summed E-state index contributed by atoms with van der Waals surface area (Å²) in [5.74, 6) is -2.05. The summed E-state index contributed by atoms with van der Waals surface area (Å²) >= 11 is 0. The number of carboxylic acids is 1. The van der Waals surface area contributed by atoms with Crippen molar-refractivity contribution in [2.45, 2.75) is 13.0 Å². The second-order valence-electron chi connectivity index (χ2n) is 6.99. The monoisotopic (exact) mass is 348 g/mol. The number of nitrogens with one attached hydrogen (secondary N) is 1. The van der Waals surface area contributed by atoms with Gasteiger partial charge in [0.25, 0.3) is 0 Å². The summed E-state index contributed by atoms with van der Waals surface area (Å²) in [6.07, 6.45) is 8.27. The lowest BCUT2D eigenvalue weighted by Gasteiger charge is -2.23. The Hall–Kier alpha value is -2.95. The van der Waals surface area contributed by atoms with Crippen LogP contribution in [0.25, 0.3) is 11.1 Å². The van der Waals surface area contributed by atoms with E-state index in [0.29, 0.717) is 6.54 Å². The number of amides is 1. The highest BCUT2D eigenvalue weighted by molar-refractivity contribution is 5.86. The third-order valence-corrected chi connectivity index (χ3v) is 5.46. The Balaban J connectivity index is 1.40. The molecule has 1 heterocycles. The predicted molar refractivity (Wildman–Crippen MR) is 96.9 cm³/mol. The highest BCUT2D eigenvalue weighted by Crippen LogP contribution is 2.48. The van der Waals surface area contributed by atoms with E-state index in [-0.39, 0.29) is 17.7 Å². The number of carbonyl (C=O) groups excluding carboxylic acids is 1. The summed E-state index contributed by atoms with van der Waals surface area (Å²) in [5.41, 5.74) is 3.09. The molecular formula is C21H20N2O3. The first-order chi connectivity index (χ1) is 12.6. The van der Waals surface area contributed by atoms with Crippen molar-refractivity contribution >= 4 is 11.9 Å². The standard InChI is InChI=1S/C21H20N2O3/c24-20(18-15-7-8-16(10-15)19(18)21(25)26)23-11-13-3-5-14(6-4-13)17-2-1-9-22-12-17/h1-9,12,15-16,18-19H,10-11H2,(H,23,24)(H,25,26)/t15-,16-,18+,19-/m0/s1. The quantitative estimate of drug-likeness (QED) is 0.815. The van der Waals surface area contributed by atoms with Crippen LogP contribution in [0.2, 0.25) is 0 Å². The van der Waals surface area contributed by atoms with Gasteiger partial charge < -0.3 is 10.4 Å². The third kappa shape index (κ3) is 3.01. The first kappa shape index (κ1) is 16.5. The molecule has 2 aliphatic carbocycles. The van der Waals surface area contributed by atoms with E-state index in [1.165, 1.54) is 0 Å². The van der Waals surface area contributed by atoms with Gasteiger partial charge in [-0.25, -0.2) is 0 Å². The first-order valence-corrected chi connectivity index (χ1v) is 8.81. The molecule has 1 saturated carbocycles. The van der Waals surface area contributed by atoms with Crippen LogP contribution in [0.1, 0.15) is 12.0 Å². The summed E-state index contributed by atoms with van der Waals surface area (Å²) in [6.45, 7) is 0.399. The molecule has 0 spiro atoms. The van der Waals surface area contributed by atoms with Crippen molar-refractivity contribution in [3.8, 4) is 11.1 Å². The van der Waals surface area contributed by atoms with E-state index in [1.807, 2.05) is 54.7 Å². The molecule has 132 valence electrons. The molecule has 2 aliphatic rings. The van der Waals surface area contributed by atoms with Crippen LogP contribution >= 0.6 is 0 Å². The van der Waals surface area contributed by atoms with Crippen molar-refractivity contribution in [3.63, 3.8) is 0 Å². The summed E-state index contributed by atoms with van der Waals surface area (Å²) in [7, 11) is 0. The second-order valence-corrected chi connectivity index (χ2v) is 6.99. The summed E-state index contributed by atoms with van der Waals surface area (Å²) in [6, 6.07) is 11.8. The van der Waals surface area contributed by atoms with Crippen molar-refractivity contribution < 1.29 is 14.7 Å². The van der Waals surface area contributed by atoms with Gasteiger partial charge >= 0.3 is 5.97 Å². The molecule has 5 heteroatoms. The van der Waals surface area contributed by atoms with Crippen molar-refractivity contribution in [1.82, 2.24) is 10.3 Å². The molecule has 0 aliphatic heterocycles. The van der Waals surface area contributed by atoms with Crippen molar-refractivity contribution in [1.29, 1.82) is 0 Å². The lowest BCUT2D eigenvalue weighted by atomic mass is 9.82. The van der Waals surface area contributed by atoms with Crippen molar-refractivity contribution in [2.24, 2.45) is 23.7 Å². The third-order valence-electron chi connectivity index (χ3n) is 5.46. The van der Waals surface area contributed by atoms with Crippen LogP contribution in [0.15, 0.2) is 60.9 Å². The summed E-state index contributed by atoms with van der Waals surface area (Å²) in [4.78, 5) is 28.2. The lowest BCUT2D eigenvalue weighted by molar-refractivity contribution is -0.147. The molecule has 5 nitrogen and oxygen atoms in total. The Morgan fingerprint density at radius 3 is 2.42 bits per heavy atom. The van der Waals surface area contributed by atoms with Crippen LogP contribution in [-0.4, -0.2) is 22.0 Å². The zero-order valence-electron chi connectivity index (χ0n) is 14.2. The molecule has 0 unspecified atom stereocenters.